The van der Waals surface area contributed by atoms with Gasteiger partial charge < -0.3 is 10.8 Å². The van der Waals surface area contributed by atoms with Crippen molar-refractivity contribution in [3.05, 3.63) is 0 Å². The molecule has 0 bridgehead atoms. The van der Waals surface area contributed by atoms with Gasteiger partial charge in [0.25, 0.3) is 0 Å². The van der Waals surface area contributed by atoms with Crippen molar-refractivity contribution in [1.82, 2.24) is 0 Å². The molecule has 0 heterocycles. The highest BCUT2D eigenvalue weighted by Crippen LogP contribution is 2.29. The Labute approximate surface area is 68.8 Å². The molecule has 3 N–H and O–H groups in total. The SMILES string of the molecule is NC[C@@H](CO)C1CCCCC1. The Balaban J connectivity index is 2.30. The minimum atomic E-state index is 0.279. The van der Waals surface area contributed by atoms with Crippen LogP contribution in [0.1, 0.15) is 32.1 Å². The highest BCUT2D eigenvalue weighted by molar-refractivity contribution is 4.73. The predicted octanol–water partition coefficient (Wildman–Crippen LogP) is 1.13. The molecule has 0 radical (unpaired) electrons. The van der Waals surface area contributed by atoms with Gasteiger partial charge in [-0.25, -0.2) is 0 Å². The highest BCUT2D eigenvalue weighted by Gasteiger charge is 2.21. The summed E-state index contributed by atoms with van der Waals surface area (Å²) in [5.74, 6) is 1.08. The van der Waals surface area contributed by atoms with Crippen LogP contribution < -0.4 is 5.73 Å². The number of aliphatic hydroxyl groups excluding tert-OH is 1. The number of hydrogen-bond acceptors (Lipinski definition) is 2. The average Bonchev–Trinajstić information content (AvgIpc) is 2.09. The van der Waals surface area contributed by atoms with Crippen LogP contribution in [0.25, 0.3) is 0 Å². The van der Waals surface area contributed by atoms with E-state index in [0.717, 1.165) is 0 Å². The molecular formula is C9H19NO. The van der Waals surface area contributed by atoms with E-state index in [4.69, 9.17) is 10.8 Å². The number of hydrogen-bond donors (Lipinski definition) is 2. The van der Waals surface area contributed by atoms with Crippen LogP contribution in [0.5, 0.6) is 0 Å². The molecule has 0 saturated heterocycles. The molecule has 1 fully saturated rings. The minimum absolute atomic E-state index is 0.279. The van der Waals surface area contributed by atoms with Gasteiger partial charge in [-0.3, -0.25) is 0 Å². The zero-order chi connectivity index (χ0) is 8.10. The van der Waals surface area contributed by atoms with Crippen LogP contribution in [0, 0.1) is 11.8 Å². The topological polar surface area (TPSA) is 46.2 Å². The standard InChI is InChI=1S/C9H19NO/c10-6-9(7-11)8-4-2-1-3-5-8/h8-9,11H,1-7,10H2/t9-/m0/s1. The first-order chi connectivity index (χ1) is 5.38. The van der Waals surface area contributed by atoms with Gasteiger partial charge >= 0.3 is 0 Å². The summed E-state index contributed by atoms with van der Waals surface area (Å²) in [6.07, 6.45) is 6.60. The molecule has 0 aliphatic heterocycles. The normalized spacial score (nSPS) is 23.5. The molecule has 66 valence electrons. The van der Waals surface area contributed by atoms with Crippen LogP contribution in [0.15, 0.2) is 0 Å². The van der Waals surface area contributed by atoms with E-state index in [2.05, 4.69) is 0 Å². The van der Waals surface area contributed by atoms with Crippen LogP contribution in [0.4, 0.5) is 0 Å². The third-order valence-electron chi connectivity index (χ3n) is 2.85. The van der Waals surface area contributed by atoms with Gasteiger partial charge in [0, 0.05) is 6.61 Å². The van der Waals surface area contributed by atoms with Crippen LogP contribution in [-0.4, -0.2) is 18.3 Å². The Kier molecular flexibility index (Phi) is 3.87. The van der Waals surface area contributed by atoms with Gasteiger partial charge in [-0.15, -0.1) is 0 Å². The van der Waals surface area contributed by atoms with Crippen molar-refractivity contribution in [1.29, 1.82) is 0 Å². The van der Waals surface area contributed by atoms with Crippen LogP contribution in [-0.2, 0) is 0 Å². The second-order valence-electron chi connectivity index (χ2n) is 3.58. The summed E-state index contributed by atoms with van der Waals surface area (Å²) in [6, 6.07) is 0. The van der Waals surface area contributed by atoms with Crippen molar-refractivity contribution in [3.8, 4) is 0 Å². The van der Waals surface area contributed by atoms with Crippen LogP contribution in [0.2, 0.25) is 0 Å². The summed E-state index contributed by atoms with van der Waals surface area (Å²) in [4.78, 5) is 0. The third-order valence-corrected chi connectivity index (χ3v) is 2.85. The lowest BCUT2D eigenvalue weighted by Crippen LogP contribution is -2.28. The monoisotopic (exact) mass is 157 g/mol. The fraction of sp³-hybridized carbons (Fsp3) is 1.00. The van der Waals surface area contributed by atoms with Crippen LogP contribution >= 0.6 is 0 Å². The maximum absolute atomic E-state index is 9.00. The third kappa shape index (κ3) is 2.46. The van der Waals surface area contributed by atoms with E-state index in [1.165, 1.54) is 32.1 Å². The summed E-state index contributed by atoms with van der Waals surface area (Å²) in [5, 5.41) is 9.00. The van der Waals surface area contributed by atoms with E-state index in [9.17, 15) is 0 Å². The van der Waals surface area contributed by atoms with Crippen LogP contribution in [0.3, 0.4) is 0 Å². The molecule has 2 heteroatoms. The van der Waals surface area contributed by atoms with Gasteiger partial charge in [0.05, 0.1) is 0 Å². The summed E-state index contributed by atoms with van der Waals surface area (Å²) in [5.41, 5.74) is 5.55. The molecule has 0 spiro atoms. The maximum Gasteiger partial charge on any atom is 0.0473 e. The molecule has 11 heavy (non-hydrogen) atoms. The van der Waals surface area contributed by atoms with Crippen molar-refractivity contribution >= 4 is 0 Å². The smallest absolute Gasteiger partial charge is 0.0473 e. The lowest BCUT2D eigenvalue weighted by atomic mass is 9.80. The van der Waals surface area contributed by atoms with E-state index in [0.29, 0.717) is 18.4 Å². The van der Waals surface area contributed by atoms with Crippen molar-refractivity contribution in [2.24, 2.45) is 17.6 Å². The van der Waals surface area contributed by atoms with Gasteiger partial charge in [-0.2, -0.15) is 0 Å². The summed E-state index contributed by atoms with van der Waals surface area (Å²) in [7, 11) is 0. The van der Waals surface area contributed by atoms with Crippen molar-refractivity contribution < 1.29 is 5.11 Å². The summed E-state index contributed by atoms with van der Waals surface area (Å²) in [6.45, 7) is 0.933. The number of nitrogens with two attached hydrogens (primary N) is 1. The first kappa shape index (κ1) is 9.01. The Morgan fingerprint density at radius 3 is 2.36 bits per heavy atom. The van der Waals surface area contributed by atoms with E-state index in [1.807, 2.05) is 0 Å². The van der Waals surface area contributed by atoms with E-state index in [-0.39, 0.29) is 6.61 Å². The Bertz CT molecular complexity index is 95.7. The Morgan fingerprint density at radius 1 is 1.27 bits per heavy atom. The van der Waals surface area contributed by atoms with Gasteiger partial charge in [-0.05, 0) is 18.4 Å². The molecule has 1 rings (SSSR count). The second-order valence-corrected chi connectivity index (χ2v) is 3.58. The first-order valence-electron chi connectivity index (χ1n) is 4.69. The minimum Gasteiger partial charge on any atom is -0.396 e. The molecule has 0 aromatic heterocycles. The predicted molar refractivity (Wildman–Crippen MR) is 46.2 cm³/mol. The molecule has 1 aliphatic carbocycles. The van der Waals surface area contributed by atoms with Gasteiger partial charge in [0.2, 0.25) is 0 Å². The number of aliphatic hydroxyl groups is 1. The molecule has 1 atom stereocenters. The summed E-state index contributed by atoms with van der Waals surface area (Å²) < 4.78 is 0. The molecule has 0 unspecified atom stereocenters. The lowest BCUT2D eigenvalue weighted by Gasteiger charge is -2.27. The zero-order valence-corrected chi connectivity index (χ0v) is 7.13. The summed E-state index contributed by atoms with van der Waals surface area (Å²) >= 11 is 0. The Hall–Kier alpha value is -0.0800. The molecule has 1 saturated carbocycles. The maximum atomic E-state index is 9.00. The quantitative estimate of drug-likeness (QED) is 0.645. The van der Waals surface area contributed by atoms with E-state index >= 15 is 0 Å². The largest absolute Gasteiger partial charge is 0.396 e. The molecule has 0 aromatic rings. The van der Waals surface area contributed by atoms with Gasteiger partial charge in [-0.1, -0.05) is 32.1 Å². The number of rotatable bonds is 3. The fourth-order valence-corrected chi connectivity index (χ4v) is 2.02. The van der Waals surface area contributed by atoms with E-state index in [1.54, 1.807) is 0 Å². The molecule has 0 aromatic carbocycles. The lowest BCUT2D eigenvalue weighted by molar-refractivity contribution is 0.153. The van der Waals surface area contributed by atoms with Crippen molar-refractivity contribution in [2.45, 2.75) is 32.1 Å². The fourth-order valence-electron chi connectivity index (χ4n) is 2.02. The van der Waals surface area contributed by atoms with E-state index < -0.39 is 0 Å². The molecule has 0 amide bonds. The van der Waals surface area contributed by atoms with Crippen molar-refractivity contribution in [2.75, 3.05) is 13.2 Å². The molecule has 1 aliphatic rings. The van der Waals surface area contributed by atoms with Crippen molar-refractivity contribution in [3.63, 3.8) is 0 Å². The Morgan fingerprint density at radius 2 is 1.91 bits per heavy atom. The van der Waals surface area contributed by atoms with Gasteiger partial charge in [0.1, 0.15) is 0 Å². The molecular weight excluding hydrogens is 138 g/mol. The van der Waals surface area contributed by atoms with Gasteiger partial charge in [0.15, 0.2) is 0 Å². The first-order valence-corrected chi connectivity index (χ1v) is 4.69. The molecule has 2 nitrogen and oxygen atoms in total. The average molecular weight is 157 g/mol. The highest BCUT2D eigenvalue weighted by atomic mass is 16.3. The zero-order valence-electron chi connectivity index (χ0n) is 7.13. The second kappa shape index (κ2) is 4.73.